The number of phenols is 1. The van der Waals surface area contributed by atoms with Crippen LogP contribution in [0.5, 0.6) is 5.75 Å². The summed E-state index contributed by atoms with van der Waals surface area (Å²) in [5, 5.41) is 9.38. The van der Waals surface area contributed by atoms with Crippen LogP contribution in [0.3, 0.4) is 0 Å². The summed E-state index contributed by atoms with van der Waals surface area (Å²) in [7, 11) is 0. The van der Waals surface area contributed by atoms with Crippen LogP contribution < -0.4 is 0 Å². The number of aromatic nitrogens is 2. The number of fused-ring (bicyclic) bond motifs is 2. The van der Waals surface area contributed by atoms with Gasteiger partial charge >= 0.3 is 0 Å². The Morgan fingerprint density at radius 2 is 1.47 bits per heavy atom. The molecule has 0 radical (unpaired) electrons. The first-order chi connectivity index (χ1) is 8.26. The molecule has 1 heterocycles. The van der Waals surface area contributed by atoms with Crippen molar-refractivity contribution in [3.63, 3.8) is 0 Å². The number of phenolic OH excluding ortho intramolecular Hbond substituents is 1. The predicted molar refractivity (Wildman–Crippen MR) is 67.2 cm³/mol. The zero-order chi connectivity index (χ0) is 11.8. The number of aromatic hydroxyl groups is 1. The molecule has 0 aliphatic rings. The van der Waals surface area contributed by atoms with Crippen molar-refractivity contribution < 1.29 is 9.66 Å². The lowest BCUT2D eigenvalue weighted by Crippen LogP contribution is -1.87. The lowest BCUT2D eigenvalue weighted by Gasteiger charge is -2.02. The molecule has 3 aromatic rings. The Balaban J connectivity index is 2.35. The fraction of sp³-hybridized carbons (Fsp3) is 0. The molecule has 5 heteroatoms. The van der Waals surface area contributed by atoms with E-state index in [0.717, 1.165) is 21.4 Å². The van der Waals surface area contributed by atoms with E-state index in [1.54, 1.807) is 36.4 Å². The topological polar surface area (TPSA) is 66.2 Å². The maximum Gasteiger partial charge on any atom is 0.117 e. The molecule has 0 unspecified atom stereocenters. The van der Waals surface area contributed by atoms with Gasteiger partial charge in [0, 0.05) is 23.0 Å². The van der Waals surface area contributed by atoms with Crippen molar-refractivity contribution in [2.75, 3.05) is 0 Å². The SMILES string of the molecule is OSc1ccc2nc3cc(O)ccc3nc2c1. The smallest absolute Gasteiger partial charge is 0.117 e. The molecular weight excluding hydrogens is 236 g/mol. The molecule has 0 bridgehead atoms. The fourth-order valence-electron chi connectivity index (χ4n) is 1.70. The first-order valence-corrected chi connectivity index (χ1v) is 5.75. The van der Waals surface area contributed by atoms with E-state index < -0.39 is 0 Å². The van der Waals surface area contributed by atoms with E-state index in [-0.39, 0.29) is 5.75 Å². The van der Waals surface area contributed by atoms with Crippen LogP contribution in [0.4, 0.5) is 0 Å². The van der Waals surface area contributed by atoms with Gasteiger partial charge in [-0.2, -0.15) is 0 Å². The standard InChI is InChI=1S/C12H8N2O2S/c15-7-1-3-9-11(5-7)13-10-4-2-8(17-16)6-12(10)14-9/h1-6,15-16H. The number of nitrogens with zero attached hydrogens (tertiary/aromatic N) is 2. The molecule has 0 aliphatic carbocycles. The van der Waals surface area contributed by atoms with E-state index in [1.165, 1.54) is 0 Å². The van der Waals surface area contributed by atoms with Gasteiger partial charge in [0.05, 0.1) is 22.1 Å². The second kappa shape index (κ2) is 3.87. The van der Waals surface area contributed by atoms with Crippen molar-refractivity contribution in [2.24, 2.45) is 0 Å². The zero-order valence-electron chi connectivity index (χ0n) is 8.66. The summed E-state index contributed by atoms with van der Waals surface area (Å²) in [6.07, 6.45) is 0. The van der Waals surface area contributed by atoms with Gasteiger partial charge in [-0.25, -0.2) is 9.97 Å². The third-order valence-electron chi connectivity index (χ3n) is 2.49. The normalized spacial score (nSPS) is 11.1. The molecule has 0 atom stereocenters. The van der Waals surface area contributed by atoms with Crippen LogP contribution in [0, 0.1) is 0 Å². The first-order valence-electron chi connectivity index (χ1n) is 4.98. The molecule has 0 saturated carbocycles. The largest absolute Gasteiger partial charge is 0.508 e. The Labute approximate surface area is 101 Å². The van der Waals surface area contributed by atoms with Gasteiger partial charge in [0.25, 0.3) is 0 Å². The molecule has 1 aromatic heterocycles. The Bertz CT molecular complexity index is 715. The first kappa shape index (κ1) is 10.3. The zero-order valence-corrected chi connectivity index (χ0v) is 9.48. The summed E-state index contributed by atoms with van der Waals surface area (Å²) < 4.78 is 8.98. The second-order valence-corrected chi connectivity index (χ2v) is 4.29. The van der Waals surface area contributed by atoms with Crippen LogP contribution >= 0.6 is 12.0 Å². The molecule has 2 aromatic carbocycles. The highest BCUT2D eigenvalue weighted by Crippen LogP contribution is 2.23. The highest BCUT2D eigenvalue weighted by Gasteiger charge is 2.03. The average Bonchev–Trinajstić information content (AvgIpc) is 2.35. The van der Waals surface area contributed by atoms with E-state index >= 15 is 0 Å². The minimum Gasteiger partial charge on any atom is -0.508 e. The third kappa shape index (κ3) is 1.79. The molecule has 17 heavy (non-hydrogen) atoms. The van der Waals surface area contributed by atoms with Gasteiger partial charge in [0.2, 0.25) is 0 Å². The van der Waals surface area contributed by atoms with Crippen LogP contribution in [0.1, 0.15) is 0 Å². The number of hydrogen-bond donors (Lipinski definition) is 2. The van der Waals surface area contributed by atoms with E-state index in [1.807, 2.05) is 0 Å². The summed E-state index contributed by atoms with van der Waals surface area (Å²) in [6, 6.07) is 10.2. The maximum atomic E-state index is 9.38. The minimum absolute atomic E-state index is 0.175. The third-order valence-corrected chi connectivity index (χ3v) is 2.96. The summed E-state index contributed by atoms with van der Waals surface area (Å²) in [6.45, 7) is 0. The highest BCUT2D eigenvalue weighted by molar-refractivity contribution is 7.93. The van der Waals surface area contributed by atoms with E-state index in [4.69, 9.17) is 4.55 Å². The molecule has 3 rings (SSSR count). The minimum atomic E-state index is 0.175. The molecule has 84 valence electrons. The summed E-state index contributed by atoms with van der Waals surface area (Å²) in [5.74, 6) is 0.175. The quantitative estimate of drug-likeness (QED) is 0.508. The Morgan fingerprint density at radius 3 is 2.18 bits per heavy atom. The van der Waals surface area contributed by atoms with E-state index in [2.05, 4.69) is 9.97 Å². The van der Waals surface area contributed by atoms with Crippen molar-refractivity contribution >= 4 is 34.1 Å². The van der Waals surface area contributed by atoms with E-state index in [0.29, 0.717) is 17.6 Å². The van der Waals surface area contributed by atoms with Crippen molar-refractivity contribution in [3.8, 4) is 5.75 Å². The predicted octanol–water partition coefficient (Wildman–Crippen LogP) is 3.05. The maximum absolute atomic E-state index is 9.38. The molecule has 0 saturated heterocycles. The molecule has 0 amide bonds. The second-order valence-electron chi connectivity index (χ2n) is 3.64. The van der Waals surface area contributed by atoms with Crippen molar-refractivity contribution in [1.82, 2.24) is 9.97 Å². The Kier molecular flexibility index (Phi) is 2.35. The fourth-order valence-corrected chi connectivity index (χ4v) is 1.99. The molecular formula is C12H8N2O2S. The van der Waals surface area contributed by atoms with Gasteiger partial charge in [0.15, 0.2) is 0 Å². The van der Waals surface area contributed by atoms with Crippen LogP contribution in [0.2, 0.25) is 0 Å². The summed E-state index contributed by atoms with van der Waals surface area (Å²) in [5.41, 5.74) is 2.83. The van der Waals surface area contributed by atoms with Gasteiger partial charge in [-0.15, -0.1) is 0 Å². The average molecular weight is 244 g/mol. The lowest BCUT2D eigenvalue weighted by atomic mass is 10.2. The Hall–Kier alpha value is -1.85. The molecule has 0 aliphatic heterocycles. The Morgan fingerprint density at radius 1 is 0.824 bits per heavy atom. The highest BCUT2D eigenvalue weighted by atomic mass is 32.2. The molecule has 0 spiro atoms. The van der Waals surface area contributed by atoms with Gasteiger partial charge in [-0.05, 0) is 30.3 Å². The molecule has 0 fully saturated rings. The van der Waals surface area contributed by atoms with Crippen LogP contribution in [0.25, 0.3) is 22.1 Å². The van der Waals surface area contributed by atoms with Crippen LogP contribution in [0.15, 0.2) is 41.3 Å². The number of hydrogen-bond acceptors (Lipinski definition) is 5. The summed E-state index contributed by atoms with van der Waals surface area (Å²) >= 11 is 0.684. The van der Waals surface area contributed by atoms with Crippen LogP contribution in [-0.4, -0.2) is 19.6 Å². The van der Waals surface area contributed by atoms with Gasteiger partial charge in [0.1, 0.15) is 5.75 Å². The molecule has 2 N–H and O–H groups in total. The number of benzene rings is 2. The van der Waals surface area contributed by atoms with Crippen molar-refractivity contribution in [1.29, 1.82) is 0 Å². The lowest BCUT2D eigenvalue weighted by molar-refractivity contribution is 0.476. The van der Waals surface area contributed by atoms with Crippen molar-refractivity contribution in [2.45, 2.75) is 4.90 Å². The van der Waals surface area contributed by atoms with Crippen LogP contribution in [-0.2, 0) is 0 Å². The molecule has 4 nitrogen and oxygen atoms in total. The van der Waals surface area contributed by atoms with Gasteiger partial charge in [-0.3, -0.25) is 0 Å². The number of rotatable bonds is 1. The van der Waals surface area contributed by atoms with Gasteiger partial charge < -0.3 is 9.66 Å². The monoisotopic (exact) mass is 244 g/mol. The van der Waals surface area contributed by atoms with Crippen molar-refractivity contribution in [3.05, 3.63) is 36.4 Å². The van der Waals surface area contributed by atoms with E-state index in [9.17, 15) is 5.11 Å². The summed E-state index contributed by atoms with van der Waals surface area (Å²) in [4.78, 5) is 9.56. The van der Waals surface area contributed by atoms with Gasteiger partial charge in [-0.1, -0.05) is 0 Å².